The van der Waals surface area contributed by atoms with Crippen molar-refractivity contribution in [2.24, 2.45) is 0 Å². The van der Waals surface area contributed by atoms with Crippen LogP contribution in [0.5, 0.6) is 0 Å². The van der Waals surface area contributed by atoms with E-state index in [0.717, 1.165) is 11.8 Å². The van der Waals surface area contributed by atoms with Gasteiger partial charge in [-0.2, -0.15) is 5.26 Å². The van der Waals surface area contributed by atoms with Crippen LogP contribution in [-0.2, 0) is 4.79 Å². The van der Waals surface area contributed by atoms with Crippen molar-refractivity contribution in [2.45, 2.75) is 31.5 Å². The van der Waals surface area contributed by atoms with Crippen molar-refractivity contribution in [3.63, 3.8) is 0 Å². The number of rotatable bonds is 3. The zero-order valence-corrected chi connectivity index (χ0v) is 14.6. The van der Waals surface area contributed by atoms with E-state index in [1.165, 1.54) is 18.2 Å². The van der Waals surface area contributed by atoms with Crippen LogP contribution in [0.2, 0.25) is 0 Å². The van der Waals surface area contributed by atoms with Crippen LogP contribution in [0, 0.1) is 23.0 Å². The molecule has 6 heteroatoms. The van der Waals surface area contributed by atoms with Gasteiger partial charge < -0.3 is 9.80 Å². The zero-order chi connectivity index (χ0) is 19.1. The summed E-state index contributed by atoms with van der Waals surface area (Å²) in [6, 6.07) is 12.5. The van der Waals surface area contributed by atoms with E-state index in [1.807, 2.05) is 11.8 Å². The summed E-state index contributed by atoms with van der Waals surface area (Å²) in [6.07, 6.45) is 3.46. The number of benzene rings is 2. The molecule has 3 unspecified atom stereocenters. The molecule has 2 aromatic carbocycles. The maximum atomic E-state index is 14.5. The minimum atomic E-state index is -0.621. The molecule has 1 saturated heterocycles. The maximum Gasteiger partial charge on any atom is 0.249 e. The van der Waals surface area contributed by atoms with Gasteiger partial charge in [-0.15, -0.1) is 0 Å². The summed E-state index contributed by atoms with van der Waals surface area (Å²) in [5, 5.41) is 8.99. The molecule has 0 aromatic heterocycles. The average molecular weight is 365 g/mol. The fourth-order valence-electron chi connectivity index (χ4n) is 4.10. The second-order valence-electron chi connectivity index (χ2n) is 6.71. The van der Waals surface area contributed by atoms with Gasteiger partial charge in [0.05, 0.1) is 11.6 Å². The number of anilines is 1. The fraction of sp³-hybridized carbons (Fsp3) is 0.238. The van der Waals surface area contributed by atoms with Crippen molar-refractivity contribution in [1.29, 1.82) is 5.26 Å². The molecule has 1 fully saturated rings. The molecular formula is C21H17F2N3O. The minimum Gasteiger partial charge on any atom is -0.326 e. The van der Waals surface area contributed by atoms with E-state index < -0.39 is 11.6 Å². The molecule has 0 bridgehead atoms. The fourth-order valence-corrected chi connectivity index (χ4v) is 4.10. The highest BCUT2D eigenvalue weighted by atomic mass is 19.1. The molecule has 2 aromatic rings. The van der Waals surface area contributed by atoms with Crippen LogP contribution in [0.3, 0.4) is 0 Å². The molecule has 136 valence electrons. The lowest BCUT2D eigenvalue weighted by molar-refractivity contribution is -0.143. The normalized spacial score (nSPS) is 23.6. The monoisotopic (exact) mass is 365 g/mol. The molecule has 4 nitrogen and oxygen atoms in total. The van der Waals surface area contributed by atoms with Crippen LogP contribution < -0.4 is 4.90 Å². The predicted octanol–water partition coefficient (Wildman–Crippen LogP) is 3.90. The van der Waals surface area contributed by atoms with Gasteiger partial charge in [0.2, 0.25) is 5.91 Å². The number of amides is 1. The molecule has 0 N–H and O–H groups in total. The first-order chi connectivity index (χ1) is 13.0. The largest absolute Gasteiger partial charge is 0.326 e. The van der Waals surface area contributed by atoms with E-state index in [0.29, 0.717) is 17.5 Å². The summed E-state index contributed by atoms with van der Waals surface area (Å²) in [7, 11) is 0. The van der Waals surface area contributed by atoms with Crippen molar-refractivity contribution in [3.05, 3.63) is 77.5 Å². The third-order valence-corrected chi connectivity index (χ3v) is 5.33. The van der Waals surface area contributed by atoms with Crippen molar-refractivity contribution in [1.82, 2.24) is 4.90 Å². The van der Waals surface area contributed by atoms with Gasteiger partial charge in [-0.3, -0.25) is 4.79 Å². The van der Waals surface area contributed by atoms with Gasteiger partial charge in [-0.1, -0.05) is 13.0 Å². The van der Waals surface area contributed by atoms with Gasteiger partial charge in [-0.25, -0.2) is 8.78 Å². The van der Waals surface area contributed by atoms with Gasteiger partial charge in [0.25, 0.3) is 0 Å². The zero-order valence-electron chi connectivity index (χ0n) is 14.6. The van der Waals surface area contributed by atoms with Crippen LogP contribution in [0.25, 0.3) is 0 Å². The Bertz CT molecular complexity index is 964. The van der Waals surface area contributed by atoms with Crippen LogP contribution in [0.4, 0.5) is 14.5 Å². The minimum absolute atomic E-state index is 0.115. The van der Waals surface area contributed by atoms with Crippen molar-refractivity contribution in [3.8, 4) is 6.07 Å². The highest BCUT2D eigenvalue weighted by Crippen LogP contribution is 2.47. The molecule has 2 aliphatic heterocycles. The van der Waals surface area contributed by atoms with Gasteiger partial charge >= 0.3 is 0 Å². The molecule has 0 saturated carbocycles. The van der Waals surface area contributed by atoms with Crippen molar-refractivity contribution < 1.29 is 13.6 Å². The number of halogens is 2. The number of nitrogens with zero attached hydrogens (tertiary/aromatic N) is 3. The first-order valence-electron chi connectivity index (χ1n) is 8.79. The van der Waals surface area contributed by atoms with Crippen LogP contribution in [0.15, 0.2) is 54.7 Å². The van der Waals surface area contributed by atoms with E-state index in [1.54, 1.807) is 35.4 Å². The van der Waals surface area contributed by atoms with Gasteiger partial charge in [0, 0.05) is 36.0 Å². The molecule has 4 rings (SSSR count). The Labute approximate surface area is 155 Å². The molecule has 1 amide bonds. The van der Waals surface area contributed by atoms with Gasteiger partial charge in [0.1, 0.15) is 17.8 Å². The van der Waals surface area contributed by atoms with Crippen molar-refractivity contribution in [2.75, 3.05) is 4.90 Å². The summed E-state index contributed by atoms with van der Waals surface area (Å²) in [4.78, 5) is 16.1. The summed E-state index contributed by atoms with van der Waals surface area (Å²) in [5.41, 5.74) is 1.75. The van der Waals surface area contributed by atoms with Gasteiger partial charge in [-0.05, 0) is 42.3 Å². The third kappa shape index (κ3) is 2.67. The summed E-state index contributed by atoms with van der Waals surface area (Å²) < 4.78 is 27.9. The summed E-state index contributed by atoms with van der Waals surface area (Å²) >= 11 is 0. The number of carbonyl (C=O) groups is 1. The lowest BCUT2D eigenvalue weighted by Crippen LogP contribution is -2.70. The van der Waals surface area contributed by atoms with E-state index in [-0.39, 0.29) is 24.0 Å². The number of carbonyl (C=O) groups excluding carboxylic acids is 1. The second-order valence-corrected chi connectivity index (χ2v) is 6.71. The first-order valence-corrected chi connectivity index (χ1v) is 8.79. The second kappa shape index (κ2) is 6.51. The van der Waals surface area contributed by atoms with E-state index in [4.69, 9.17) is 5.26 Å². The Morgan fingerprint density at radius 2 is 1.89 bits per heavy atom. The molecule has 0 radical (unpaired) electrons. The van der Waals surface area contributed by atoms with E-state index in [2.05, 4.69) is 6.07 Å². The summed E-state index contributed by atoms with van der Waals surface area (Å²) in [5.74, 6) is -1.61. The number of hydrogen-bond donors (Lipinski definition) is 0. The Hall–Kier alpha value is -3.20. The molecule has 3 atom stereocenters. The summed E-state index contributed by atoms with van der Waals surface area (Å²) in [6.45, 7) is 1.95. The number of fused-ring (bicyclic) bond motifs is 1. The van der Waals surface area contributed by atoms with Crippen LogP contribution >= 0.6 is 0 Å². The van der Waals surface area contributed by atoms with E-state index >= 15 is 0 Å². The SMILES string of the molecule is CCC1C(c2ccc(F)cc2F)C2N(c3ccc(C#N)cc3)C=CC(=O)N12. The topological polar surface area (TPSA) is 47.3 Å². The lowest BCUT2D eigenvalue weighted by Gasteiger charge is -2.59. The lowest BCUT2D eigenvalue weighted by atomic mass is 9.75. The van der Waals surface area contributed by atoms with Crippen LogP contribution in [0.1, 0.15) is 30.4 Å². The molecular weight excluding hydrogens is 348 g/mol. The Kier molecular flexibility index (Phi) is 4.15. The Morgan fingerprint density at radius 1 is 1.15 bits per heavy atom. The van der Waals surface area contributed by atoms with E-state index in [9.17, 15) is 13.6 Å². The van der Waals surface area contributed by atoms with Crippen molar-refractivity contribution >= 4 is 11.6 Å². The smallest absolute Gasteiger partial charge is 0.249 e. The number of hydrogen-bond acceptors (Lipinski definition) is 3. The molecule has 0 aliphatic carbocycles. The van der Waals surface area contributed by atoms with Crippen LogP contribution in [-0.4, -0.2) is 23.0 Å². The molecule has 27 heavy (non-hydrogen) atoms. The predicted molar refractivity (Wildman–Crippen MR) is 96.6 cm³/mol. The van der Waals surface area contributed by atoms with Gasteiger partial charge in [0.15, 0.2) is 0 Å². The Morgan fingerprint density at radius 3 is 2.52 bits per heavy atom. The molecule has 0 spiro atoms. The highest BCUT2D eigenvalue weighted by molar-refractivity contribution is 5.92. The quantitative estimate of drug-likeness (QED) is 0.829. The maximum absolute atomic E-state index is 14.5. The average Bonchev–Trinajstić information content (AvgIpc) is 2.65. The Balaban J connectivity index is 1.77. The molecule has 2 aliphatic rings. The molecule has 2 heterocycles. The third-order valence-electron chi connectivity index (χ3n) is 5.33. The first kappa shape index (κ1) is 17.2. The standard InChI is InChI=1S/C21H17F2N3O/c1-2-18-20(16-8-5-14(22)11-17(16)23)21-25(10-9-19(27)26(18)21)15-6-3-13(12-24)4-7-15/h3-11,18,20-21H,2H2,1H3. The number of nitriles is 1. The highest BCUT2D eigenvalue weighted by Gasteiger charge is 2.54.